The van der Waals surface area contributed by atoms with E-state index in [-0.39, 0.29) is 21.1 Å². The summed E-state index contributed by atoms with van der Waals surface area (Å²) in [5.41, 5.74) is 3.79. The first-order valence-electron chi connectivity index (χ1n) is 12.5. The number of aromatic nitrogens is 4. The van der Waals surface area contributed by atoms with Crippen LogP contribution in [0.4, 0.5) is 0 Å². The molecule has 5 aromatic heterocycles. The Morgan fingerprint density at radius 2 is 1.55 bits per heavy atom. The molecular formula is C33H18N4OPtS. The number of hydrogen-bond donors (Lipinski definition) is 0. The number of hydrogen-bond acceptors (Lipinski definition) is 5. The first-order valence-corrected chi connectivity index (χ1v) is 13.3. The molecule has 0 amide bonds. The average Bonchev–Trinajstić information content (AvgIpc) is 3.53. The van der Waals surface area contributed by atoms with E-state index in [1.807, 2.05) is 73.1 Å². The number of benzene rings is 3. The van der Waals surface area contributed by atoms with Crippen molar-refractivity contribution in [2.75, 3.05) is 0 Å². The summed E-state index contributed by atoms with van der Waals surface area (Å²) in [7, 11) is 0. The number of thiophene rings is 1. The second-order valence-corrected chi connectivity index (χ2v) is 10.2. The van der Waals surface area contributed by atoms with Crippen LogP contribution in [0.5, 0.6) is 11.8 Å². The largest absolute Gasteiger partial charge is 2.00 e. The van der Waals surface area contributed by atoms with E-state index in [1.54, 1.807) is 11.3 Å². The molecule has 0 fully saturated rings. The molecule has 0 saturated carbocycles. The van der Waals surface area contributed by atoms with Crippen molar-refractivity contribution in [3.05, 3.63) is 122 Å². The van der Waals surface area contributed by atoms with E-state index in [0.29, 0.717) is 11.8 Å². The van der Waals surface area contributed by atoms with Gasteiger partial charge < -0.3 is 9.30 Å². The van der Waals surface area contributed by atoms with Gasteiger partial charge in [-0.3, -0.25) is 9.97 Å². The zero-order chi connectivity index (χ0) is 25.8. The molecule has 3 aromatic carbocycles. The number of rotatable bonds is 4. The van der Waals surface area contributed by atoms with Crippen LogP contribution in [0.3, 0.4) is 0 Å². The molecule has 0 unspecified atom stereocenters. The smallest absolute Gasteiger partial charge is 0.421 e. The van der Waals surface area contributed by atoms with Gasteiger partial charge in [-0.1, -0.05) is 47.3 Å². The summed E-state index contributed by atoms with van der Waals surface area (Å²) in [4.78, 5) is 14.0. The zero-order valence-electron chi connectivity index (χ0n) is 20.8. The summed E-state index contributed by atoms with van der Waals surface area (Å²) in [6.45, 7) is 0. The topological polar surface area (TPSA) is 52.8 Å². The molecule has 0 aliphatic rings. The molecule has 0 aliphatic carbocycles. The molecule has 0 bridgehead atoms. The molecule has 8 rings (SSSR count). The Morgan fingerprint density at radius 3 is 2.50 bits per heavy atom. The minimum atomic E-state index is 0. The minimum Gasteiger partial charge on any atom is -0.421 e. The third-order valence-corrected chi connectivity index (χ3v) is 8.03. The molecule has 0 saturated heterocycles. The van der Waals surface area contributed by atoms with E-state index in [0.717, 1.165) is 48.3 Å². The predicted molar refractivity (Wildman–Crippen MR) is 157 cm³/mol. The number of para-hydroxylation sites is 2. The quantitative estimate of drug-likeness (QED) is 0.172. The standard InChI is InChI=1S/C33H18N4OS.Pt/c1-3-13-27-21(8-1)22-9-2-4-14-28(22)37(27)30-15-7-17-32(36-30)38-31-16-6-12-26(35-31)25-11-5-10-24-23-18-19-34-20-29(23)39-33(24)25;/h1-10,12-13,15-20H;/q-2;+2. The van der Waals surface area contributed by atoms with Crippen molar-refractivity contribution < 1.29 is 25.8 Å². The molecule has 0 spiro atoms. The SMILES string of the molecule is [Pt+2].[c-]1ccc2c(sc3cnccc32)c1-c1cccc(Oc2cccc(-n3c4[c-]cccc4c4ccccc43)n2)n1. The summed E-state index contributed by atoms with van der Waals surface area (Å²) in [6.07, 6.45) is 3.74. The number of pyridine rings is 3. The van der Waals surface area contributed by atoms with Crippen molar-refractivity contribution in [3.63, 3.8) is 0 Å². The van der Waals surface area contributed by atoms with Gasteiger partial charge in [0.25, 0.3) is 0 Å². The van der Waals surface area contributed by atoms with E-state index in [1.165, 1.54) is 10.8 Å². The van der Waals surface area contributed by atoms with Crippen LogP contribution in [-0.4, -0.2) is 19.5 Å². The molecular weight excluding hydrogens is 696 g/mol. The minimum absolute atomic E-state index is 0. The van der Waals surface area contributed by atoms with Gasteiger partial charge in [0.1, 0.15) is 5.82 Å². The maximum Gasteiger partial charge on any atom is 2.00 e. The van der Waals surface area contributed by atoms with Gasteiger partial charge in [-0.25, -0.2) is 0 Å². The van der Waals surface area contributed by atoms with Crippen LogP contribution >= 0.6 is 11.3 Å². The van der Waals surface area contributed by atoms with Crippen molar-refractivity contribution in [3.8, 4) is 28.8 Å². The van der Waals surface area contributed by atoms with Crippen molar-refractivity contribution in [2.24, 2.45) is 0 Å². The van der Waals surface area contributed by atoms with Crippen molar-refractivity contribution in [2.45, 2.75) is 0 Å². The molecule has 5 heterocycles. The van der Waals surface area contributed by atoms with Crippen LogP contribution in [0.2, 0.25) is 0 Å². The molecule has 0 aliphatic heterocycles. The van der Waals surface area contributed by atoms with Crippen LogP contribution in [0.15, 0.2) is 109 Å². The van der Waals surface area contributed by atoms with Gasteiger partial charge in [-0.05, 0) is 45.4 Å². The third-order valence-electron chi connectivity index (χ3n) is 6.86. The van der Waals surface area contributed by atoms with Crippen LogP contribution < -0.4 is 4.74 Å². The van der Waals surface area contributed by atoms with Crippen LogP contribution in [-0.2, 0) is 21.1 Å². The fourth-order valence-electron chi connectivity index (χ4n) is 5.17. The Hall–Kier alpha value is -4.38. The Morgan fingerprint density at radius 1 is 0.700 bits per heavy atom. The first kappa shape index (κ1) is 24.6. The van der Waals surface area contributed by atoms with E-state index >= 15 is 0 Å². The second-order valence-electron chi connectivity index (χ2n) is 9.15. The number of fused-ring (bicyclic) bond motifs is 6. The van der Waals surface area contributed by atoms with Gasteiger partial charge in [0.05, 0.1) is 0 Å². The maximum absolute atomic E-state index is 6.21. The van der Waals surface area contributed by atoms with Crippen LogP contribution in [0.25, 0.3) is 59.1 Å². The van der Waals surface area contributed by atoms with Crippen molar-refractivity contribution in [1.29, 1.82) is 0 Å². The Bertz CT molecular complexity index is 2130. The summed E-state index contributed by atoms with van der Waals surface area (Å²) in [5.74, 6) is 1.70. The van der Waals surface area contributed by atoms with Gasteiger partial charge in [0, 0.05) is 28.7 Å². The summed E-state index contributed by atoms with van der Waals surface area (Å²) in [5, 5.41) is 4.67. The first-order chi connectivity index (χ1) is 19.3. The molecule has 0 radical (unpaired) electrons. The molecule has 8 aromatic rings. The zero-order valence-corrected chi connectivity index (χ0v) is 23.9. The van der Waals surface area contributed by atoms with Crippen molar-refractivity contribution >= 4 is 53.3 Å². The summed E-state index contributed by atoms with van der Waals surface area (Å²) >= 11 is 1.70. The normalized spacial score (nSPS) is 11.3. The summed E-state index contributed by atoms with van der Waals surface area (Å²) in [6, 6.07) is 38.8. The van der Waals surface area contributed by atoms with E-state index in [4.69, 9.17) is 14.7 Å². The molecule has 7 heteroatoms. The Kier molecular flexibility index (Phi) is 6.15. The fraction of sp³-hybridized carbons (Fsp3) is 0. The van der Waals surface area contributed by atoms with E-state index in [9.17, 15) is 0 Å². The maximum atomic E-state index is 6.21. The van der Waals surface area contributed by atoms with Crippen LogP contribution in [0.1, 0.15) is 0 Å². The van der Waals surface area contributed by atoms with Crippen molar-refractivity contribution in [1.82, 2.24) is 19.5 Å². The van der Waals surface area contributed by atoms with Gasteiger partial charge in [-0.2, -0.15) is 40.6 Å². The van der Waals surface area contributed by atoms with E-state index < -0.39 is 0 Å². The third kappa shape index (κ3) is 4.00. The predicted octanol–water partition coefficient (Wildman–Crippen LogP) is 8.39. The molecule has 40 heavy (non-hydrogen) atoms. The molecule has 0 atom stereocenters. The monoisotopic (exact) mass is 713 g/mol. The summed E-state index contributed by atoms with van der Waals surface area (Å²) < 4.78 is 10.6. The second kappa shape index (κ2) is 9.98. The average molecular weight is 714 g/mol. The molecule has 192 valence electrons. The molecule has 0 N–H and O–H groups in total. The van der Waals surface area contributed by atoms with Gasteiger partial charge in [0.15, 0.2) is 0 Å². The Labute approximate surface area is 248 Å². The fourth-order valence-corrected chi connectivity index (χ4v) is 6.35. The number of ether oxygens (including phenoxy) is 1. The van der Waals surface area contributed by atoms with Gasteiger partial charge >= 0.3 is 21.1 Å². The van der Waals surface area contributed by atoms with E-state index in [2.05, 4.69) is 58.1 Å². The van der Waals surface area contributed by atoms with Gasteiger partial charge in [-0.15, -0.1) is 29.1 Å². The number of nitrogens with zero attached hydrogens (tertiary/aromatic N) is 4. The Balaban J connectivity index is 0.00000264. The van der Waals surface area contributed by atoms with Gasteiger partial charge in [0.2, 0.25) is 11.8 Å². The molecule has 5 nitrogen and oxygen atoms in total. The van der Waals surface area contributed by atoms with Crippen LogP contribution in [0, 0.1) is 12.1 Å².